The first-order valence-corrected chi connectivity index (χ1v) is 6.41. The average Bonchev–Trinajstić information content (AvgIpc) is 2.24. The van der Waals surface area contributed by atoms with Gasteiger partial charge in [0.1, 0.15) is 0 Å². The van der Waals surface area contributed by atoms with Crippen LogP contribution in [0.4, 0.5) is 0 Å². The highest BCUT2D eigenvalue weighted by Gasteiger charge is 2.27. The largest absolute Gasteiger partial charge is 0.481 e. The number of carboxylic acids is 1. The molecular weight excluding hydrogens is 246 g/mol. The van der Waals surface area contributed by atoms with Crippen LogP contribution in [0.2, 0.25) is 0 Å². The normalized spacial score (nSPS) is 13.6. The summed E-state index contributed by atoms with van der Waals surface area (Å²) in [7, 11) is -1.02. The van der Waals surface area contributed by atoms with Crippen molar-refractivity contribution in [1.29, 1.82) is 5.26 Å². The SMILES string of the molecule is CC(CC#N)N(C)S(=O)(=O)N(C)CCC(=O)O. The van der Waals surface area contributed by atoms with Crippen molar-refractivity contribution >= 4 is 16.2 Å². The molecule has 0 radical (unpaired) electrons. The van der Waals surface area contributed by atoms with Crippen LogP contribution < -0.4 is 0 Å². The molecule has 8 heteroatoms. The Balaban J connectivity index is 4.65. The number of rotatable bonds is 7. The Bertz CT molecular complexity index is 401. The van der Waals surface area contributed by atoms with E-state index in [0.717, 1.165) is 8.61 Å². The Morgan fingerprint density at radius 3 is 2.41 bits per heavy atom. The second-order valence-corrected chi connectivity index (χ2v) is 5.80. The average molecular weight is 263 g/mol. The summed E-state index contributed by atoms with van der Waals surface area (Å²) in [6.07, 6.45) is -0.168. The number of hydrogen-bond acceptors (Lipinski definition) is 4. The van der Waals surface area contributed by atoms with Gasteiger partial charge in [0.25, 0.3) is 10.2 Å². The fourth-order valence-corrected chi connectivity index (χ4v) is 2.37. The van der Waals surface area contributed by atoms with Crippen molar-refractivity contribution in [2.75, 3.05) is 20.6 Å². The Morgan fingerprint density at radius 2 is 2.00 bits per heavy atom. The predicted octanol–water partition coefficient (Wildman–Crippen LogP) is -0.128. The zero-order valence-electron chi connectivity index (χ0n) is 10.1. The van der Waals surface area contributed by atoms with Gasteiger partial charge in [-0.3, -0.25) is 4.79 Å². The molecule has 0 aliphatic rings. The van der Waals surface area contributed by atoms with Gasteiger partial charge in [-0.2, -0.15) is 22.3 Å². The number of aliphatic carboxylic acids is 1. The highest BCUT2D eigenvalue weighted by atomic mass is 32.2. The molecule has 0 aliphatic heterocycles. The molecule has 0 spiro atoms. The minimum absolute atomic E-state index is 0.0858. The van der Waals surface area contributed by atoms with E-state index in [1.165, 1.54) is 14.1 Å². The van der Waals surface area contributed by atoms with Crippen LogP contribution >= 0.6 is 0 Å². The molecule has 1 atom stereocenters. The molecule has 0 heterocycles. The van der Waals surface area contributed by atoms with Gasteiger partial charge in [0.15, 0.2) is 0 Å². The van der Waals surface area contributed by atoms with E-state index in [4.69, 9.17) is 10.4 Å². The molecule has 0 fully saturated rings. The van der Waals surface area contributed by atoms with Gasteiger partial charge in [0.2, 0.25) is 0 Å². The minimum Gasteiger partial charge on any atom is -0.481 e. The van der Waals surface area contributed by atoms with Crippen molar-refractivity contribution in [2.45, 2.75) is 25.8 Å². The molecule has 0 amide bonds. The van der Waals surface area contributed by atoms with Crippen LogP contribution in [0.3, 0.4) is 0 Å². The molecule has 0 saturated heterocycles. The van der Waals surface area contributed by atoms with Gasteiger partial charge in [-0.25, -0.2) is 0 Å². The molecule has 0 aliphatic carbocycles. The lowest BCUT2D eigenvalue weighted by Gasteiger charge is -2.27. The van der Waals surface area contributed by atoms with E-state index in [2.05, 4.69) is 0 Å². The molecular formula is C9H17N3O4S. The monoisotopic (exact) mass is 263 g/mol. The standard InChI is InChI=1S/C9H17N3O4S/c1-8(4-6-10)12(3)17(15,16)11(2)7-5-9(13)14/h8H,4-5,7H2,1-3H3,(H,13,14). The topological polar surface area (TPSA) is 102 Å². The number of carboxylic acid groups (broad SMARTS) is 1. The van der Waals surface area contributed by atoms with Crippen molar-refractivity contribution in [3.8, 4) is 6.07 Å². The van der Waals surface area contributed by atoms with Gasteiger partial charge in [0, 0.05) is 26.7 Å². The second-order valence-electron chi connectivity index (χ2n) is 3.70. The zero-order chi connectivity index (χ0) is 13.6. The predicted molar refractivity (Wildman–Crippen MR) is 61.3 cm³/mol. The second kappa shape index (κ2) is 6.54. The Morgan fingerprint density at radius 1 is 1.47 bits per heavy atom. The molecule has 0 aromatic carbocycles. The Kier molecular flexibility index (Phi) is 6.09. The first-order chi connectivity index (χ1) is 7.73. The van der Waals surface area contributed by atoms with Crippen LogP contribution in [0.15, 0.2) is 0 Å². The maximum absolute atomic E-state index is 11.9. The molecule has 1 N–H and O–H groups in total. The van der Waals surface area contributed by atoms with Gasteiger partial charge in [-0.15, -0.1) is 0 Å². The van der Waals surface area contributed by atoms with Crippen LogP contribution in [-0.4, -0.2) is 54.8 Å². The summed E-state index contributed by atoms with van der Waals surface area (Å²) in [6, 6.07) is 1.44. The molecule has 17 heavy (non-hydrogen) atoms. The van der Waals surface area contributed by atoms with Gasteiger partial charge < -0.3 is 5.11 Å². The van der Waals surface area contributed by atoms with Crippen molar-refractivity contribution in [1.82, 2.24) is 8.61 Å². The fraction of sp³-hybridized carbons (Fsp3) is 0.778. The van der Waals surface area contributed by atoms with Crippen molar-refractivity contribution in [3.63, 3.8) is 0 Å². The van der Waals surface area contributed by atoms with Gasteiger partial charge in [-0.05, 0) is 6.92 Å². The first kappa shape index (κ1) is 15.8. The van der Waals surface area contributed by atoms with E-state index in [1.807, 2.05) is 6.07 Å². The fourth-order valence-electron chi connectivity index (χ4n) is 1.08. The van der Waals surface area contributed by atoms with E-state index in [0.29, 0.717) is 0 Å². The van der Waals surface area contributed by atoms with E-state index in [1.54, 1.807) is 6.92 Å². The summed E-state index contributed by atoms with van der Waals surface area (Å²) in [5, 5.41) is 17.0. The Hall–Kier alpha value is -1.17. The molecule has 0 saturated carbocycles. The number of nitrogens with zero attached hydrogens (tertiary/aromatic N) is 3. The minimum atomic E-state index is -3.70. The van der Waals surface area contributed by atoms with Crippen molar-refractivity contribution < 1.29 is 18.3 Å². The number of carbonyl (C=O) groups is 1. The summed E-state index contributed by atoms with van der Waals surface area (Å²) in [5.41, 5.74) is 0. The van der Waals surface area contributed by atoms with Crippen LogP contribution in [0.1, 0.15) is 19.8 Å². The van der Waals surface area contributed by atoms with Crippen molar-refractivity contribution in [2.24, 2.45) is 0 Å². The summed E-state index contributed by atoms with van der Waals surface area (Å²) >= 11 is 0. The molecule has 0 aromatic rings. The highest BCUT2D eigenvalue weighted by Crippen LogP contribution is 2.10. The third-order valence-corrected chi connectivity index (χ3v) is 4.46. The molecule has 98 valence electrons. The van der Waals surface area contributed by atoms with Crippen LogP contribution in [0.25, 0.3) is 0 Å². The molecule has 7 nitrogen and oxygen atoms in total. The van der Waals surface area contributed by atoms with Gasteiger partial charge in [0.05, 0.1) is 18.9 Å². The first-order valence-electron chi connectivity index (χ1n) is 5.01. The number of hydrogen-bond donors (Lipinski definition) is 1. The van der Waals surface area contributed by atoms with E-state index >= 15 is 0 Å². The Labute approximate surface area is 101 Å². The summed E-state index contributed by atoms with van der Waals surface area (Å²) in [6.45, 7) is 1.52. The quantitative estimate of drug-likeness (QED) is 0.689. The van der Waals surface area contributed by atoms with E-state index in [9.17, 15) is 13.2 Å². The van der Waals surface area contributed by atoms with E-state index in [-0.39, 0.29) is 19.4 Å². The highest BCUT2D eigenvalue weighted by molar-refractivity contribution is 7.86. The molecule has 0 bridgehead atoms. The lowest BCUT2D eigenvalue weighted by molar-refractivity contribution is -0.137. The number of nitriles is 1. The van der Waals surface area contributed by atoms with Crippen LogP contribution in [0, 0.1) is 11.3 Å². The zero-order valence-corrected chi connectivity index (χ0v) is 10.9. The summed E-state index contributed by atoms with van der Waals surface area (Å²) < 4.78 is 25.9. The smallest absolute Gasteiger partial charge is 0.304 e. The maximum Gasteiger partial charge on any atom is 0.304 e. The van der Waals surface area contributed by atoms with Crippen LogP contribution in [-0.2, 0) is 15.0 Å². The van der Waals surface area contributed by atoms with Crippen LogP contribution in [0.5, 0.6) is 0 Å². The lowest BCUT2D eigenvalue weighted by atomic mass is 10.3. The third kappa shape index (κ3) is 4.68. The molecule has 0 aromatic heterocycles. The van der Waals surface area contributed by atoms with Gasteiger partial charge >= 0.3 is 5.97 Å². The van der Waals surface area contributed by atoms with E-state index < -0.39 is 22.2 Å². The third-order valence-electron chi connectivity index (χ3n) is 2.41. The summed E-state index contributed by atoms with van der Waals surface area (Å²) in [4.78, 5) is 10.4. The molecule has 0 rings (SSSR count). The van der Waals surface area contributed by atoms with Gasteiger partial charge in [-0.1, -0.05) is 0 Å². The maximum atomic E-state index is 11.9. The van der Waals surface area contributed by atoms with Crippen molar-refractivity contribution in [3.05, 3.63) is 0 Å². The summed E-state index contributed by atoms with van der Waals surface area (Å²) in [5.74, 6) is -1.06. The molecule has 1 unspecified atom stereocenters. The lowest BCUT2D eigenvalue weighted by Crippen LogP contribution is -2.44.